The second-order valence-electron chi connectivity index (χ2n) is 4.53. The molecule has 0 aromatic heterocycles. The van der Waals surface area contributed by atoms with Gasteiger partial charge in [0.15, 0.2) is 0 Å². The van der Waals surface area contributed by atoms with E-state index in [4.69, 9.17) is 0 Å². The molecule has 0 radical (unpaired) electrons. The normalized spacial score (nSPS) is 16.2. The maximum atomic E-state index is 4.20. The lowest BCUT2D eigenvalue weighted by Gasteiger charge is -2.15. The Balaban J connectivity index is 2.11. The Kier molecular flexibility index (Phi) is 2.52. The third-order valence-electron chi connectivity index (χ3n) is 3.52. The topological polar surface area (TPSA) is 12.4 Å². The van der Waals surface area contributed by atoms with Crippen LogP contribution in [0.25, 0.3) is 10.8 Å². The van der Waals surface area contributed by atoms with E-state index in [2.05, 4.69) is 54.4 Å². The van der Waals surface area contributed by atoms with Crippen LogP contribution in [0.2, 0.25) is 0 Å². The Morgan fingerprint density at radius 3 is 2.71 bits per heavy atom. The third kappa shape index (κ3) is 1.78. The molecule has 0 aliphatic carbocycles. The number of hydrogen-bond donors (Lipinski definition) is 0. The number of nitrogens with zero attached hydrogens (tertiary/aromatic N) is 1. The van der Waals surface area contributed by atoms with Gasteiger partial charge in [-0.15, -0.1) is 0 Å². The zero-order valence-electron chi connectivity index (χ0n) is 9.93. The van der Waals surface area contributed by atoms with E-state index in [9.17, 15) is 0 Å². The number of rotatable bonds is 2. The minimum atomic E-state index is 0.448. The van der Waals surface area contributed by atoms with Crippen LogP contribution in [-0.2, 0) is 0 Å². The molecule has 0 saturated heterocycles. The fraction of sp³-hybridized carbons (Fsp3) is 0.188. The zero-order valence-corrected chi connectivity index (χ0v) is 9.93. The van der Waals surface area contributed by atoms with E-state index in [0.29, 0.717) is 5.92 Å². The van der Waals surface area contributed by atoms with Gasteiger partial charge in [-0.2, -0.15) is 0 Å². The highest BCUT2D eigenvalue weighted by atomic mass is 14.7. The highest BCUT2D eigenvalue weighted by molar-refractivity contribution is 5.86. The molecule has 1 aliphatic heterocycles. The lowest BCUT2D eigenvalue weighted by Crippen LogP contribution is -1.98. The van der Waals surface area contributed by atoms with Crippen molar-refractivity contribution in [3.63, 3.8) is 0 Å². The van der Waals surface area contributed by atoms with Gasteiger partial charge in [0, 0.05) is 24.8 Å². The molecule has 1 unspecified atom stereocenters. The van der Waals surface area contributed by atoms with Gasteiger partial charge in [0.1, 0.15) is 0 Å². The molecule has 0 N–H and O–H groups in total. The van der Waals surface area contributed by atoms with E-state index in [-0.39, 0.29) is 0 Å². The van der Waals surface area contributed by atoms with Gasteiger partial charge in [0.2, 0.25) is 0 Å². The Morgan fingerprint density at radius 2 is 1.88 bits per heavy atom. The van der Waals surface area contributed by atoms with E-state index >= 15 is 0 Å². The quantitative estimate of drug-likeness (QED) is 0.717. The van der Waals surface area contributed by atoms with Crippen molar-refractivity contribution in [1.29, 1.82) is 0 Å². The van der Waals surface area contributed by atoms with Crippen molar-refractivity contribution in [2.75, 3.05) is 0 Å². The summed E-state index contributed by atoms with van der Waals surface area (Å²) in [5, 5.41) is 2.67. The van der Waals surface area contributed by atoms with Crippen LogP contribution in [0.15, 0.2) is 59.2 Å². The first-order valence-electron chi connectivity index (χ1n) is 6.04. The van der Waals surface area contributed by atoms with Crippen LogP contribution in [0.3, 0.4) is 0 Å². The molecule has 0 fully saturated rings. The first kappa shape index (κ1) is 10.3. The predicted octanol–water partition coefficient (Wildman–Crippen LogP) is 4.30. The molecule has 3 rings (SSSR count). The Morgan fingerprint density at radius 1 is 1.06 bits per heavy atom. The molecule has 0 bridgehead atoms. The summed E-state index contributed by atoms with van der Waals surface area (Å²) in [7, 11) is 0. The van der Waals surface area contributed by atoms with Crippen molar-refractivity contribution >= 4 is 17.0 Å². The summed E-state index contributed by atoms with van der Waals surface area (Å²) in [5.41, 5.74) is 2.81. The number of benzene rings is 2. The molecule has 1 heterocycles. The van der Waals surface area contributed by atoms with E-state index < -0.39 is 0 Å². The van der Waals surface area contributed by atoms with Crippen LogP contribution in [0.1, 0.15) is 24.8 Å². The van der Waals surface area contributed by atoms with Crippen molar-refractivity contribution in [2.24, 2.45) is 4.99 Å². The molecule has 2 aromatic carbocycles. The molecule has 1 aliphatic rings. The van der Waals surface area contributed by atoms with Crippen LogP contribution in [-0.4, -0.2) is 6.21 Å². The van der Waals surface area contributed by atoms with E-state index in [0.717, 1.165) is 6.42 Å². The standard InChI is InChI=1S/C16H15N/c1-12(14-9-10-17-11-14)15-8-4-6-13-5-2-3-7-16(13)15/h2-8,10-12H,9H2,1H3. The highest BCUT2D eigenvalue weighted by Crippen LogP contribution is 2.32. The van der Waals surface area contributed by atoms with Gasteiger partial charge in [-0.25, -0.2) is 0 Å². The summed E-state index contributed by atoms with van der Waals surface area (Å²) in [5.74, 6) is 0.448. The van der Waals surface area contributed by atoms with Crippen LogP contribution in [0, 0.1) is 0 Å². The van der Waals surface area contributed by atoms with Crippen molar-refractivity contribution in [1.82, 2.24) is 0 Å². The Labute approximate surface area is 102 Å². The molecule has 84 valence electrons. The van der Waals surface area contributed by atoms with Gasteiger partial charge in [0.25, 0.3) is 0 Å². The van der Waals surface area contributed by atoms with E-state index in [1.165, 1.54) is 21.9 Å². The fourth-order valence-corrected chi connectivity index (χ4v) is 2.48. The van der Waals surface area contributed by atoms with Gasteiger partial charge in [-0.3, -0.25) is 4.99 Å². The lowest BCUT2D eigenvalue weighted by molar-refractivity contribution is 0.889. The molecule has 1 atom stereocenters. The zero-order chi connectivity index (χ0) is 11.7. The van der Waals surface area contributed by atoms with E-state index in [1.807, 2.05) is 12.4 Å². The van der Waals surface area contributed by atoms with Crippen LogP contribution in [0.4, 0.5) is 0 Å². The maximum absolute atomic E-state index is 4.20. The summed E-state index contributed by atoms with van der Waals surface area (Å²) in [6, 6.07) is 15.1. The number of allylic oxidation sites excluding steroid dienone is 1. The predicted molar refractivity (Wildman–Crippen MR) is 73.6 cm³/mol. The Bertz CT molecular complexity index is 602. The number of aliphatic imine (C=N–C) groups is 1. The van der Waals surface area contributed by atoms with Crippen molar-refractivity contribution in [3.8, 4) is 0 Å². The second kappa shape index (κ2) is 4.17. The molecular formula is C16H15N. The summed E-state index contributed by atoms with van der Waals surface area (Å²) < 4.78 is 0. The minimum absolute atomic E-state index is 0.448. The maximum Gasteiger partial charge on any atom is 0.0265 e. The van der Waals surface area contributed by atoms with Crippen molar-refractivity contribution in [2.45, 2.75) is 19.3 Å². The smallest absolute Gasteiger partial charge is 0.0265 e. The number of fused-ring (bicyclic) bond motifs is 1. The van der Waals surface area contributed by atoms with Crippen LogP contribution < -0.4 is 0 Å². The highest BCUT2D eigenvalue weighted by Gasteiger charge is 2.14. The molecular weight excluding hydrogens is 206 g/mol. The van der Waals surface area contributed by atoms with Gasteiger partial charge < -0.3 is 0 Å². The SMILES string of the molecule is CC(C1=CN=CC1)c1cccc2ccccc12. The van der Waals surface area contributed by atoms with Gasteiger partial charge in [-0.05, 0) is 21.9 Å². The third-order valence-corrected chi connectivity index (χ3v) is 3.52. The lowest BCUT2D eigenvalue weighted by atomic mass is 9.89. The molecule has 0 saturated carbocycles. The van der Waals surface area contributed by atoms with Gasteiger partial charge >= 0.3 is 0 Å². The van der Waals surface area contributed by atoms with Crippen molar-refractivity contribution < 1.29 is 0 Å². The average molecular weight is 221 g/mol. The molecule has 1 heteroatoms. The van der Waals surface area contributed by atoms with Gasteiger partial charge in [0.05, 0.1) is 0 Å². The summed E-state index contributed by atoms with van der Waals surface area (Å²) >= 11 is 0. The van der Waals surface area contributed by atoms with Gasteiger partial charge in [-0.1, -0.05) is 49.4 Å². The fourth-order valence-electron chi connectivity index (χ4n) is 2.48. The summed E-state index contributed by atoms with van der Waals surface area (Å²) in [6.07, 6.45) is 4.98. The summed E-state index contributed by atoms with van der Waals surface area (Å²) in [4.78, 5) is 4.20. The first-order chi connectivity index (χ1) is 8.36. The average Bonchev–Trinajstić information content (AvgIpc) is 2.91. The summed E-state index contributed by atoms with van der Waals surface area (Å²) in [6.45, 7) is 2.27. The number of hydrogen-bond acceptors (Lipinski definition) is 1. The molecule has 0 amide bonds. The van der Waals surface area contributed by atoms with E-state index in [1.54, 1.807) is 0 Å². The Hall–Kier alpha value is -1.89. The largest absolute Gasteiger partial charge is 0.269 e. The minimum Gasteiger partial charge on any atom is -0.269 e. The molecule has 2 aromatic rings. The van der Waals surface area contributed by atoms with Crippen LogP contribution >= 0.6 is 0 Å². The van der Waals surface area contributed by atoms with Crippen molar-refractivity contribution in [3.05, 3.63) is 59.8 Å². The molecule has 1 nitrogen and oxygen atoms in total. The molecule has 17 heavy (non-hydrogen) atoms. The second-order valence-corrected chi connectivity index (χ2v) is 4.53. The van der Waals surface area contributed by atoms with Crippen LogP contribution in [0.5, 0.6) is 0 Å². The monoisotopic (exact) mass is 221 g/mol. The first-order valence-corrected chi connectivity index (χ1v) is 6.04. The molecule has 0 spiro atoms.